The molecule has 1 amide bonds. The molecule has 1 aromatic carbocycles. The Bertz CT molecular complexity index is 470. The molecule has 0 unspecified atom stereocenters. The number of nitrogens with one attached hydrogen (secondary N) is 1. The molecular weight excluding hydrogens is 252 g/mol. The number of carbonyl (C=O) groups excluding carboxylic acids is 1. The van der Waals surface area contributed by atoms with Gasteiger partial charge >= 0.3 is 0 Å². The van der Waals surface area contributed by atoms with E-state index in [0.717, 1.165) is 17.9 Å². The van der Waals surface area contributed by atoms with Gasteiger partial charge in [0.05, 0.1) is 0 Å². The molecule has 1 fully saturated rings. The summed E-state index contributed by atoms with van der Waals surface area (Å²) in [6, 6.07) is 6.76. The molecule has 4 nitrogen and oxygen atoms in total. The van der Waals surface area contributed by atoms with E-state index in [9.17, 15) is 4.79 Å². The molecule has 0 radical (unpaired) electrons. The number of ether oxygens (including phenoxy) is 1. The van der Waals surface area contributed by atoms with Crippen LogP contribution in [-0.4, -0.2) is 37.0 Å². The van der Waals surface area contributed by atoms with Gasteiger partial charge in [-0.3, -0.25) is 4.79 Å². The van der Waals surface area contributed by atoms with Crippen molar-refractivity contribution in [3.05, 3.63) is 29.3 Å². The van der Waals surface area contributed by atoms with Crippen LogP contribution >= 0.6 is 0 Å². The highest BCUT2D eigenvalue weighted by atomic mass is 16.5. The van der Waals surface area contributed by atoms with Crippen LogP contribution in [0.5, 0.6) is 5.75 Å². The van der Waals surface area contributed by atoms with Gasteiger partial charge in [-0.2, -0.15) is 0 Å². The van der Waals surface area contributed by atoms with Crippen molar-refractivity contribution in [1.82, 2.24) is 10.2 Å². The van der Waals surface area contributed by atoms with Crippen molar-refractivity contribution < 1.29 is 9.53 Å². The molecule has 0 heterocycles. The van der Waals surface area contributed by atoms with E-state index >= 15 is 0 Å². The zero-order chi connectivity index (χ0) is 14.5. The molecule has 0 atom stereocenters. The molecule has 0 aromatic heterocycles. The molecule has 20 heavy (non-hydrogen) atoms. The highest BCUT2D eigenvalue weighted by molar-refractivity contribution is 5.77. The minimum absolute atomic E-state index is 0.00850. The molecule has 1 aliphatic carbocycles. The lowest BCUT2D eigenvalue weighted by atomic mass is 10.1. The normalized spacial score (nSPS) is 14.2. The lowest BCUT2D eigenvalue weighted by molar-refractivity contribution is -0.131. The van der Waals surface area contributed by atoms with Crippen LogP contribution in [0.15, 0.2) is 18.2 Å². The molecular formula is C16H24N2O2. The van der Waals surface area contributed by atoms with Crippen molar-refractivity contribution in [2.24, 2.45) is 0 Å². The topological polar surface area (TPSA) is 41.6 Å². The fraction of sp³-hybridized carbons (Fsp3) is 0.562. The van der Waals surface area contributed by atoms with E-state index in [-0.39, 0.29) is 12.5 Å². The monoisotopic (exact) mass is 276 g/mol. The van der Waals surface area contributed by atoms with E-state index in [1.807, 2.05) is 19.1 Å². The minimum atomic E-state index is 0.00850. The van der Waals surface area contributed by atoms with Crippen molar-refractivity contribution in [2.75, 3.05) is 20.2 Å². The molecule has 1 aliphatic rings. The fourth-order valence-corrected chi connectivity index (χ4v) is 1.95. The first-order chi connectivity index (χ1) is 9.60. The molecule has 0 spiro atoms. The second kappa shape index (κ2) is 6.75. The van der Waals surface area contributed by atoms with Crippen LogP contribution in [0.3, 0.4) is 0 Å². The zero-order valence-corrected chi connectivity index (χ0v) is 12.6. The number of likely N-dealkylation sites (N-methyl/N-ethyl adjacent to an activating group) is 1. The molecule has 0 aliphatic heterocycles. The van der Waals surface area contributed by atoms with E-state index in [0.29, 0.717) is 12.6 Å². The third kappa shape index (κ3) is 4.23. The third-order valence-electron chi connectivity index (χ3n) is 3.63. The minimum Gasteiger partial charge on any atom is -0.483 e. The van der Waals surface area contributed by atoms with Crippen molar-refractivity contribution in [1.29, 1.82) is 0 Å². The lowest BCUT2D eigenvalue weighted by Crippen LogP contribution is -2.31. The Morgan fingerprint density at radius 1 is 1.45 bits per heavy atom. The maximum Gasteiger partial charge on any atom is 0.260 e. The van der Waals surface area contributed by atoms with Crippen LogP contribution in [-0.2, 0) is 11.3 Å². The Morgan fingerprint density at radius 3 is 2.85 bits per heavy atom. The lowest BCUT2D eigenvalue weighted by Gasteiger charge is -2.17. The maximum atomic E-state index is 11.8. The quantitative estimate of drug-likeness (QED) is 0.829. The zero-order valence-electron chi connectivity index (χ0n) is 12.6. The first kappa shape index (κ1) is 14.9. The Hall–Kier alpha value is -1.55. The molecule has 1 aromatic rings. The summed E-state index contributed by atoms with van der Waals surface area (Å²) >= 11 is 0. The summed E-state index contributed by atoms with van der Waals surface area (Å²) < 4.78 is 5.70. The van der Waals surface area contributed by atoms with E-state index in [2.05, 4.69) is 18.3 Å². The molecule has 1 saturated carbocycles. The van der Waals surface area contributed by atoms with Gasteiger partial charge in [-0.25, -0.2) is 0 Å². The van der Waals surface area contributed by atoms with Crippen LogP contribution in [0.2, 0.25) is 0 Å². The number of rotatable bonds is 7. The van der Waals surface area contributed by atoms with Crippen LogP contribution in [0, 0.1) is 6.92 Å². The Morgan fingerprint density at radius 2 is 2.20 bits per heavy atom. The average Bonchev–Trinajstić information content (AvgIpc) is 3.27. The Kier molecular flexibility index (Phi) is 5.01. The second-order valence-electron chi connectivity index (χ2n) is 5.46. The van der Waals surface area contributed by atoms with Gasteiger partial charge in [0.25, 0.3) is 5.91 Å². The average molecular weight is 276 g/mol. The van der Waals surface area contributed by atoms with Crippen LogP contribution in [0.1, 0.15) is 30.9 Å². The summed E-state index contributed by atoms with van der Waals surface area (Å²) in [6.45, 7) is 5.63. The van der Waals surface area contributed by atoms with E-state index in [1.165, 1.54) is 18.4 Å². The predicted molar refractivity (Wildman–Crippen MR) is 79.8 cm³/mol. The molecule has 110 valence electrons. The van der Waals surface area contributed by atoms with Gasteiger partial charge in [0.2, 0.25) is 0 Å². The van der Waals surface area contributed by atoms with Gasteiger partial charge in [-0.05, 0) is 32.8 Å². The first-order valence-electron chi connectivity index (χ1n) is 7.29. The Balaban J connectivity index is 1.96. The summed E-state index contributed by atoms with van der Waals surface area (Å²) in [4.78, 5) is 13.5. The number of benzene rings is 1. The number of nitrogens with zero attached hydrogens (tertiary/aromatic N) is 1. The van der Waals surface area contributed by atoms with Crippen molar-refractivity contribution in [3.8, 4) is 5.75 Å². The Labute approximate surface area is 121 Å². The van der Waals surface area contributed by atoms with Gasteiger partial charge in [0.1, 0.15) is 5.75 Å². The number of hydrogen-bond acceptors (Lipinski definition) is 3. The van der Waals surface area contributed by atoms with Gasteiger partial charge in [0.15, 0.2) is 6.61 Å². The van der Waals surface area contributed by atoms with E-state index in [4.69, 9.17) is 4.74 Å². The number of aryl methyl sites for hydroxylation is 1. The molecule has 0 bridgehead atoms. The maximum absolute atomic E-state index is 11.8. The van der Waals surface area contributed by atoms with Gasteiger partial charge in [0, 0.05) is 31.7 Å². The smallest absolute Gasteiger partial charge is 0.260 e. The van der Waals surface area contributed by atoms with Crippen LogP contribution in [0.25, 0.3) is 0 Å². The highest BCUT2D eigenvalue weighted by Crippen LogP contribution is 2.23. The number of amides is 1. The number of hydrogen-bond donors (Lipinski definition) is 1. The van der Waals surface area contributed by atoms with E-state index < -0.39 is 0 Å². The molecule has 4 heteroatoms. The van der Waals surface area contributed by atoms with Gasteiger partial charge in [-0.15, -0.1) is 0 Å². The SMILES string of the molecule is CCN(C)C(=O)COc1ccc(C)cc1CNC1CC1. The summed E-state index contributed by atoms with van der Waals surface area (Å²) in [7, 11) is 1.79. The largest absolute Gasteiger partial charge is 0.483 e. The van der Waals surface area contributed by atoms with Crippen molar-refractivity contribution >= 4 is 5.91 Å². The van der Waals surface area contributed by atoms with Gasteiger partial charge < -0.3 is 15.0 Å². The predicted octanol–water partition coefficient (Wildman–Crippen LogP) is 2.10. The van der Waals surface area contributed by atoms with Crippen molar-refractivity contribution in [2.45, 2.75) is 39.3 Å². The second-order valence-corrected chi connectivity index (χ2v) is 5.46. The third-order valence-corrected chi connectivity index (χ3v) is 3.63. The summed E-state index contributed by atoms with van der Waals surface area (Å²) in [5.41, 5.74) is 2.34. The standard InChI is InChI=1S/C16H24N2O2/c1-4-18(3)16(19)11-20-15-8-5-12(2)9-13(15)10-17-14-6-7-14/h5,8-9,14,17H,4,6-7,10-11H2,1-3H3. The highest BCUT2D eigenvalue weighted by Gasteiger charge is 2.20. The number of carbonyl (C=O) groups is 1. The molecule has 1 N–H and O–H groups in total. The summed E-state index contributed by atoms with van der Waals surface area (Å²) in [5.74, 6) is 0.816. The summed E-state index contributed by atoms with van der Waals surface area (Å²) in [6.07, 6.45) is 2.53. The van der Waals surface area contributed by atoms with Crippen LogP contribution < -0.4 is 10.1 Å². The van der Waals surface area contributed by atoms with Crippen molar-refractivity contribution in [3.63, 3.8) is 0 Å². The molecule has 0 saturated heterocycles. The summed E-state index contributed by atoms with van der Waals surface area (Å²) in [5, 5.41) is 3.49. The van der Waals surface area contributed by atoms with Crippen LogP contribution in [0.4, 0.5) is 0 Å². The van der Waals surface area contributed by atoms with Gasteiger partial charge in [-0.1, -0.05) is 17.7 Å². The van der Waals surface area contributed by atoms with E-state index in [1.54, 1.807) is 11.9 Å². The fourth-order valence-electron chi connectivity index (χ4n) is 1.95. The molecule has 2 rings (SSSR count). The first-order valence-corrected chi connectivity index (χ1v) is 7.29.